The minimum absolute atomic E-state index is 0.194. The highest BCUT2D eigenvalue weighted by molar-refractivity contribution is 7.46. The predicted molar refractivity (Wildman–Crippen MR) is 177 cm³/mol. The van der Waals surface area contributed by atoms with Crippen molar-refractivity contribution in [1.82, 2.24) is 5.32 Å². The number of phosphoric acid groups is 1. The average Bonchev–Trinajstić information content (AvgIpc) is 2.95. The second-order valence-corrected chi connectivity index (χ2v) is 13.8. The third-order valence-electron chi connectivity index (χ3n) is 8.34. The van der Waals surface area contributed by atoms with Crippen LogP contribution in [0.4, 0.5) is 0 Å². The molecule has 0 aliphatic heterocycles. The van der Waals surface area contributed by atoms with Crippen molar-refractivity contribution in [2.45, 2.75) is 206 Å². The van der Waals surface area contributed by atoms with Crippen molar-refractivity contribution in [1.29, 1.82) is 0 Å². The molecule has 0 spiro atoms. The maximum absolute atomic E-state index is 12.5. The van der Waals surface area contributed by atoms with Crippen molar-refractivity contribution in [3.63, 3.8) is 0 Å². The molecule has 0 aliphatic carbocycles. The lowest BCUT2D eigenvalue weighted by Crippen LogP contribution is -2.46. The van der Waals surface area contributed by atoms with Crippen LogP contribution >= 0.6 is 7.82 Å². The van der Waals surface area contributed by atoms with Gasteiger partial charge in [-0.15, -0.1) is 0 Å². The van der Waals surface area contributed by atoms with Crippen molar-refractivity contribution >= 4 is 13.7 Å². The highest BCUT2D eigenvalue weighted by atomic mass is 31.2. The second kappa shape index (κ2) is 30.6. The number of phosphoric ester groups is 1. The van der Waals surface area contributed by atoms with Crippen molar-refractivity contribution < 1.29 is 28.8 Å². The number of unbranched alkanes of at least 4 members (excludes halogenated alkanes) is 24. The Morgan fingerprint density at radius 1 is 0.595 bits per heavy atom. The molecule has 0 aromatic heterocycles. The van der Waals surface area contributed by atoms with E-state index in [0.717, 1.165) is 38.5 Å². The third-order valence-corrected chi connectivity index (χ3v) is 8.83. The zero-order valence-electron chi connectivity index (χ0n) is 27.7. The molecular weight excluding hydrogens is 549 g/mol. The topological polar surface area (TPSA) is 116 Å². The van der Waals surface area contributed by atoms with Gasteiger partial charge in [0, 0.05) is 6.42 Å². The van der Waals surface area contributed by atoms with Crippen LogP contribution in [-0.4, -0.2) is 39.6 Å². The zero-order valence-corrected chi connectivity index (χ0v) is 28.6. The summed E-state index contributed by atoms with van der Waals surface area (Å²) in [4.78, 5) is 30.7. The predicted octanol–water partition coefficient (Wildman–Crippen LogP) is 9.90. The van der Waals surface area contributed by atoms with Gasteiger partial charge in [0.1, 0.15) is 0 Å². The number of nitrogens with one attached hydrogen (secondary N) is 1. The molecule has 0 radical (unpaired) electrons. The average molecular weight is 620 g/mol. The molecule has 0 aromatic rings. The molecule has 4 N–H and O–H groups in total. The van der Waals surface area contributed by atoms with Crippen LogP contribution in [0.3, 0.4) is 0 Å². The molecule has 0 bridgehead atoms. The quantitative estimate of drug-likeness (QED) is 0.0429. The summed E-state index contributed by atoms with van der Waals surface area (Å²) in [6.45, 7) is 4.10. The SMILES string of the molecule is CCCCCCCCCCCCCCCCC[C@@H](O)[C@H](COP(=O)(O)O)NC(=O)CCCCCCCCCCCCC. The van der Waals surface area contributed by atoms with Crippen LogP contribution in [0, 0.1) is 0 Å². The Morgan fingerprint density at radius 3 is 1.29 bits per heavy atom. The number of amides is 1. The zero-order chi connectivity index (χ0) is 31.2. The molecule has 0 rings (SSSR count). The first-order valence-electron chi connectivity index (χ1n) is 18.0. The first-order chi connectivity index (χ1) is 20.3. The summed E-state index contributed by atoms with van der Waals surface area (Å²) >= 11 is 0. The van der Waals surface area contributed by atoms with Gasteiger partial charge in [0.15, 0.2) is 0 Å². The van der Waals surface area contributed by atoms with Gasteiger partial charge in [-0.3, -0.25) is 9.32 Å². The van der Waals surface area contributed by atoms with Gasteiger partial charge in [0.05, 0.1) is 18.8 Å². The summed E-state index contributed by atoms with van der Waals surface area (Å²) in [5.74, 6) is -0.194. The molecule has 42 heavy (non-hydrogen) atoms. The van der Waals surface area contributed by atoms with E-state index in [4.69, 9.17) is 9.79 Å². The van der Waals surface area contributed by atoms with E-state index in [1.54, 1.807) is 0 Å². The maximum atomic E-state index is 12.5. The molecule has 7 nitrogen and oxygen atoms in total. The summed E-state index contributed by atoms with van der Waals surface area (Å²) in [5.41, 5.74) is 0. The van der Waals surface area contributed by atoms with Crippen LogP contribution in [-0.2, 0) is 13.9 Å². The largest absolute Gasteiger partial charge is 0.469 e. The van der Waals surface area contributed by atoms with Gasteiger partial charge in [-0.05, 0) is 12.8 Å². The lowest BCUT2D eigenvalue weighted by atomic mass is 10.0. The van der Waals surface area contributed by atoms with E-state index >= 15 is 0 Å². The molecule has 0 saturated heterocycles. The van der Waals surface area contributed by atoms with Crippen LogP contribution in [0.2, 0.25) is 0 Å². The van der Waals surface area contributed by atoms with E-state index in [2.05, 4.69) is 23.7 Å². The van der Waals surface area contributed by atoms with Gasteiger partial charge < -0.3 is 20.2 Å². The minimum atomic E-state index is -4.68. The van der Waals surface area contributed by atoms with Crippen LogP contribution < -0.4 is 5.32 Å². The second-order valence-electron chi connectivity index (χ2n) is 12.6. The minimum Gasteiger partial charge on any atom is -0.391 e. The molecule has 252 valence electrons. The molecule has 0 saturated carbocycles. The summed E-state index contributed by atoms with van der Waals surface area (Å²) < 4.78 is 15.9. The first-order valence-corrected chi connectivity index (χ1v) is 19.5. The molecule has 0 fully saturated rings. The van der Waals surface area contributed by atoms with Crippen molar-refractivity contribution in [3.05, 3.63) is 0 Å². The Hall–Kier alpha value is -0.460. The Balaban J connectivity index is 3.97. The molecule has 0 heterocycles. The van der Waals surface area contributed by atoms with E-state index in [9.17, 15) is 14.5 Å². The summed E-state index contributed by atoms with van der Waals surface area (Å²) in [7, 11) is -4.68. The number of hydrogen-bond acceptors (Lipinski definition) is 4. The third kappa shape index (κ3) is 31.0. The number of aliphatic hydroxyl groups is 1. The molecule has 0 aliphatic rings. The van der Waals surface area contributed by atoms with Crippen LogP contribution in [0.1, 0.15) is 194 Å². The van der Waals surface area contributed by atoms with Gasteiger partial charge in [0.2, 0.25) is 5.91 Å². The molecule has 1 amide bonds. The monoisotopic (exact) mass is 619 g/mol. The summed E-state index contributed by atoms with van der Waals surface area (Å²) in [6, 6.07) is -0.815. The Kier molecular flexibility index (Phi) is 30.2. The van der Waals surface area contributed by atoms with Gasteiger partial charge in [0.25, 0.3) is 0 Å². The lowest BCUT2D eigenvalue weighted by molar-refractivity contribution is -0.123. The highest BCUT2D eigenvalue weighted by Gasteiger charge is 2.25. The number of aliphatic hydroxyl groups excluding tert-OH is 1. The van der Waals surface area contributed by atoms with Gasteiger partial charge >= 0.3 is 7.82 Å². The van der Waals surface area contributed by atoms with Crippen LogP contribution in [0.25, 0.3) is 0 Å². The fourth-order valence-corrected chi connectivity index (χ4v) is 5.94. The summed E-state index contributed by atoms with van der Waals surface area (Å²) in [5, 5.41) is 13.4. The standard InChI is InChI=1S/C34H70NO6P/c1-3-5-7-9-11-13-15-16-17-18-20-21-23-25-27-29-33(36)32(31-41-42(38,39)40)35-34(37)30-28-26-24-22-19-14-12-10-8-6-4-2/h32-33,36H,3-31H2,1-2H3,(H,35,37)(H2,38,39,40)/t32-,33+/m0/s1. The van der Waals surface area contributed by atoms with Crippen molar-refractivity contribution in [2.24, 2.45) is 0 Å². The maximum Gasteiger partial charge on any atom is 0.469 e. The van der Waals surface area contributed by atoms with Crippen LogP contribution in [0.15, 0.2) is 0 Å². The Bertz CT molecular complexity index is 629. The fraction of sp³-hybridized carbons (Fsp3) is 0.971. The van der Waals surface area contributed by atoms with Gasteiger partial charge in [-0.2, -0.15) is 0 Å². The summed E-state index contributed by atoms with van der Waals surface area (Å²) in [6.07, 6.45) is 32.2. The normalized spacial score (nSPS) is 13.4. The fourth-order valence-electron chi connectivity index (χ4n) is 5.58. The smallest absolute Gasteiger partial charge is 0.391 e. The van der Waals surface area contributed by atoms with Crippen molar-refractivity contribution in [2.75, 3.05) is 6.61 Å². The Morgan fingerprint density at radius 2 is 0.929 bits per heavy atom. The molecular formula is C34H70NO6P. The van der Waals surface area contributed by atoms with E-state index in [1.807, 2.05) is 0 Å². The lowest BCUT2D eigenvalue weighted by Gasteiger charge is -2.24. The number of carbonyl (C=O) groups is 1. The molecule has 2 atom stereocenters. The molecule has 0 aromatic carbocycles. The number of rotatable bonds is 33. The Labute approximate surface area is 260 Å². The first kappa shape index (κ1) is 41.5. The number of carbonyl (C=O) groups excluding carboxylic acids is 1. The molecule has 8 heteroatoms. The van der Waals surface area contributed by atoms with Crippen LogP contribution in [0.5, 0.6) is 0 Å². The number of hydrogen-bond donors (Lipinski definition) is 4. The van der Waals surface area contributed by atoms with E-state index in [0.29, 0.717) is 12.8 Å². The van der Waals surface area contributed by atoms with Gasteiger partial charge in [-0.1, -0.05) is 174 Å². The van der Waals surface area contributed by atoms with E-state index in [-0.39, 0.29) is 5.91 Å². The van der Waals surface area contributed by atoms with Gasteiger partial charge in [-0.25, -0.2) is 4.57 Å². The van der Waals surface area contributed by atoms with E-state index < -0.39 is 26.6 Å². The highest BCUT2D eigenvalue weighted by Crippen LogP contribution is 2.36. The molecule has 0 unspecified atom stereocenters. The van der Waals surface area contributed by atoms with Crippen molar-refractivity contribution in [3.8, 4) is 0 Å². The van der Waals surface area contributed by atoms with E-state index in [1.165, 1.54) is 128 Å².